The molecule has 2 atom stereocenters. The van der Waals surface area contributed by atoms with Gasteiger partial charge in [-0.25, -0.2) is 16.8 Å². The molecular formula is C20H32N2O4S2. The molecule has 6 nitrogen and oxygen atoms in total. The van der Waals surface area contributed by atoms with Crippen molar-refractivity contribution in [3.05, 3.63) is 29.8 Å². The van der Waals surface area contributed by atoms with Gasteiger partial charge in [-0.15, -0.1) is 0 Å². The van der Waals surface area contributed by atoms with Crippen LogP contribution in [-0.4, -0.2) is 82.2 Å². The van der Waals surface area contributed by atoms with Crippen LogP contribution in [0.4, 0.5) is 0 Å². The van der Waals surface area contributed by atoms with Gasteiger partial charge in [0.25, 0.3) is 0 Å². The summed E-state index contributed by atoms with van der Waals surface area (Å²) in [4.78, 5) is 4.59. The quantitative estimate of drug-likeness (QED) is 0.725. The van der Waals surface area contributed by atoms with Crippen molar-refractivity contribution in [2.75, 3.05) is 44.2 Å². The van der Waals surface area contributed by atoms with Gasteiger partial charge in [-0.3, -0.25) is 4.90 Å². The second kappa shape index (κ2) is 7.70. The lowest BCUT2D eigenvalue weighted by molar-refractivity contribution is 0.109. The summed E-state index contributed by atoms with van der Waals surface area (Å²) in [7, 11) is -7.09. The maximum atomic E-state index is 13.4. The Hall–Kier alpha value is -0.960. The fourth-order valence-corrected chi connectivity index (χ4v) is 8.99. The Bertz CT molecular complexity index is 895. The molecule has 0 unspecified atom stereocenters. The molecule has 1 aromatic carbocycles. The van der Waals surface area contributed by atoms with Crippen molar-refractivity contribution >= 4 is 19.7 Å². The number of sulfone groups is 2. The summed E-state index contributed by atoms with van der Waals surface area (Å²) >= 11 is 0. The van der Waals surface area contributed by atoms with Crippen LogP contribution in [0.15, 0.2) is 29.2 Å². The molecule has 0 bridgehead atoms. The maximum absolute atomic E-state index is 13.4. The molecule has 0 saturated carbocycles. The Morgan fingerprint density at radius 1 is 1.00 bits per heavy atom. The first-order valence-electron chi connectivity index (χ1n) is 9.95. The number of rotatable bonds is 4. The van der Waals surface area contributed by atoms with E-state index in [1.165, 1.54) is 0 Å². The average Bonchev–Trinajstić information content (AvgIpc) is 2.97. The zero-order valence-corrected chi connectivity index (χ0v) is 18.9. The van der Waals surface area contributed by atoms with Crippen LogP contribution >= 0.6 is 0 Å². The van der Waals surface area contributed by atoms with Crippen molar-refractivity contribution in [3.8, 4) is 0 Å². The van der Waals surface area contributed by atoms with Gasteiger partial charge in [0.15, 0.2) is 19.7 Å². The molecule has 0 aliphatic carbocycles. The summed E-state index contributed by atoms with van der Waals surface area (Å²) in [5.41, 5.74) is 0.984. The van der Waals surface area contributed by atoms with Gasteiger partial charge in [0.1, 0.15) is 0 Å². The predicted octanol–water partition coefficient (Wildman–Crippen LogP) is 1.56. The lowest BCUT2D eigenvalue weighted by Crippen LogP contribution is -2.54. The Morgan fingerprint density at radius 3 is 2.07 bits per heavy atom. The molecule has 0 aromatic heterocycles. The van der Waals surface area contributed by atoms with E-state index in [2.05, 4.69) is 37.5 Å². The molecule has 158 valence electrons. The Labute approximate surface area is 169 Å². The first-order valence-corrected chi connectivity index (χ1v) is 13.3. The van der Waals surface area contributed by atoms with Gasteiger partial charge in [-0.2, -0.15) is 0 Å². The molecule has 3 rings (SSSR count). The molecule has 0 radical (unpaired) electrons. The van der Waals surface area contributed by atoms with Crippen molar-refractivity contribution in [2.45, 2.75) is 49.3 Å². The molecule has 1 aromatic rings. The minimum atomic E-state index is -3.72. The van der Waals surface area contributed by atoms with Crippen LogP contribution in [0.2, 0.25) is 0 Å². The fourth-order valence-electron chi connectivity index (χ4n) is 4.16. The molecule has 2 heterocycles. The second-order valence-electron chi connectivity index (χ2n) is 8.97. The standard InChI is InChI=1S/C20H32N2O4S2/c1-5-21-10-12-22(13-11-21)18-14-27(23,24)15-19(18)28(25,26)17-8-6-16(7-9-17)20(2,3)4/h6-9,18-19H,5,10-15H2,1-4H3/t18-,19-/m1/s1. The van der Waals surface area contributed by atoms with Crippen LogP contribution in [0.5, 0.6) is 0 Å². The minimum absolute atomic E-state index is 0.0664. The predicted molar refractivity (Wildman–Crippen MR) is 112 cm³/mol. The van der Waals surface area contributed by atoms with E-state index in [0.717, 1.165) is 25.2 Å². The van der Waals surface area contributed by atoms with Crippen LogP contribution in [0.25, 0.3) is 0 Å². The molecule has 2 fully saturated rings. The van der Waals surface area contributed by atoms with Crippen LogP contribution < -0.4 is 0 Å². The number of likely N-dealkylation sites (N-methyl/N-ethyl adjacent to an activating group) is 1. The second-order valence-corrected chi connectivity index (χ2v) is 13.3. The largest absolute Gasteiger partial charge is 0.301 e. The highest BCUT2D eigenvalue weighted by Crippen LogP contribution is 2.31. The first kappa shape index (κ1) is 21.7. The van der Waals surface area contributed by atoms with Gasteiger partial charge in [0, 0.05) is 32.2 Å². The van der Waals surface area contributed by atoms with Crippen LogP contribution in [0.3, 0.4) is 0 Å². The maximum Gasteiger partial charge on any atom is 0.183 e. The fraction of sp³-hybridized carbons (Fsp3) is 0.700. The summed E-state index contributed by atoms with van der Waals surface area (Å²) < 4.78 is 51.5. The number of hydrogen-bond acceptors (Lipinski definition) is 6. The molecule has 2 aliphatic heterocycles. The van der Waals surface area contributed by atoms with E-state index in [1.807, 2.05) is 12.1 Å². The minimum Gasteiger partial charge on any atom is -0.301 e. The van der Waals surface area contributed by atoms with Gasteiger partial charge in [-0.1, -0.05) is 39.8 Å². The van der Waals surface area contributed by atoms with Crippen LogP contribution in [0, 0.1) is 0 Å². The molecule has 8 heteroatoms. The van der Waals surface area contributed by atoms with Crippen LogP contribution in [-0.2, 0) is 25.1 Å². The van der Waals surface area contributed by atoms with Gasteiger partial charge in [0.2, 0.25) is 0 Å². The topological polar surface area (TPSA) is 74.8 Å². The van der Waals surface area contributed by atoms with Crippen molar-refractivity contribution in [1.82, 2.24) is 9.80 Å². The van der Waals surface area contributed by atoms with Crippen molar-refractivity contribution < 1.29 is 16.8 Å². The first-order chi connectivity index (χ1) is 12.9. The monoisotopic (exact) mass is 428 g/mol. The van der Waals surface area contributed by atoms with E-state index < -0.39 is 31.0 Å². The lowest BCUT2D eigenvalue weighted by atomic mass is 9.87. The summed E-state index contributed by atoms with van der Waals surface area (Å²) in [5.74, 6) is -0.349. The zero-order valence-electron chi connectivity index (χ0n) is 17.3. The third-order valence-electron chi connectivity index (χ3n) is 6.04. The van der Waals surface area contributed by atoms with Crippen molar-refractivity contribution in [3.63, 3.8) is 0 Å². The molecule has 28 heavy (non-hydrogen) atoms. The number of benzene rings is 1. The van der Waals surface area contributed by atoms with Crippen molar-refractivity contribution in [1.29, 1.82) is 0 Å². The van der Waals surface area contributed by atoms with E-state index in [-0.39, 0.29) is 21.8 Å². The Kier molecular flexibility index (Phi) is 5.98. The summed E-state index contributed by atoms with van der Waals surface area (Å²) in [6.07, 6.45) is 0. The zero-order chi connectivity index (χ0) is 20.7. The highest BCUT2D eigenvalue weighted by molar-refractivity contribution is 7.96. The lowest BCUT2D eigenvalue weighted by Gasteiger charge is -2.39. The number of piperazine rings is 1. The SMILES string of the molecule is CCN1CCN([C@@H]2CS(=O)(=O)C[C@H]2S(=O)(=O)c2ccc(C(C)(C)C)cc2)CC1. The van der Waals surface area contributed by atoms with Gasteiger partial charge >= 0.3 is 0 Å². The van der Waals surface area contributed by atoms with E-state index in [9.17, 15) is 16.8 Å². The Balaban J connectivity index is 1.88. The van der Waals surface area contributed by atoms with E-state index in [4.69, 9.17) is 0 Å². The number of hydrogen-bond donors (Lipinski definition) is 0. The molecule has 2 aliphatic rings. The van der Waals surface area contributed by atoms with Crippen molar-refractivity contribution in [2.24, 2.45) is 0 Å². The molecule has 0 spiro atoms. The van der Waals surface area contributed by atoms with E-state index in [0.29, 0.717) is 13.1 Å². The smallest absolute Gasteiger partial charge is 0.183 e. The van der Waals surface area contributed by atoms with Crippen LogP contribution in [0.1, 0.15) is 33.3 Å². The normalized spacial score (nSPS) is 27.1. The van der Waals surface area contributed by atoms with Gasteiger partial charge < -0.3 is 4.90 Å². The van der Waals surface area contributed by atoms with Gasteiger partial charge in [0.05, 0.1) is 21.7 Å². The van der Waals surface area contributed by atoms with E-state index in [1.54, 1.807) is 12.1 Å². The Morgan fingerprint density at radius 2 is 1.57 bits per heavy atom. The average molecular weight is 429 g/mol. The van der Waals surface area contributed by atoms with Gasteiger partial charge in [-0.05, 0) is 29.7 Å². The summed E-state index contributed by atoms with van der Waals surface area (Å²) in [6, 6.07) is 6.48. The van der Waals surface area contributed by atoms with E-state index >= 15 is 0 Å². The number of nitrogens with zero attached hydrogens (tertiary/aromatic N) is 2. The highest BCUT2D eigenvalue weighted by atomic mass is 32.2. The molecule has 0 N–H and O–H groups in total. The third kappa shape index (κ3) is 4.45. The molecule has 2 saturated heterocycles. The highest BCUT2D eigenvalue weighted by Gasteiger charge is 2.48. The summed E-state index contributed by atoms with van der Waals surface area (Å²) in [6.45, 7) is 12.4. The summed E-state index contributed by atoms with van der Waals surface area (Å²) in [5, 5.41) is -0.897. The third-order valence-corrected chi connectivity index (χ3v) is 10.2. The molecule has 0 amide bonds. The molecular weight excluding hydrogens is 396 g/mol.